The lowest BCUT2D eigenvalue weighted by Gasteiger charge is -2.01. The highest BCUT2D eigenvalue weighted by molar-refractivity contribution is 7.10. The summed E-state index contributed by atoms with van der Waals surface area (Å²) in [5, 5.41) is 12.7. The molecule has 0 radical (unpaired) electrons. The van der Waals surface area contributed by atoms with Gasteiger partial charge in [0, 0.05) is 6.07 Å². The number of benzene rings is 1. The molecule has 0 unspecified atom stereocenters. The van der Waals surface area contributed by atoms with E-state index in [1.165, 1.54) is 17.4 Å². The zero-order chi connectivity index (χ0) is 12.8. The molecule has 1 aromatic heterocycles. The van der Waals surface area contributed by atoms with Gasteiger partial charge in [-0.25, -0.2) is 0 Å². The Hall–Kier alpha value is -2.32. The topological polar surface area (TPSA) is 52.4 Å². The zero-order valence-corrected chi connectivity index (χ0v) is 10.1. The largest absolute Gasteiger partial charge is 0.474 e. The van der Waals surface area contributed by atoms with E-state index in [-0.39, 0.29) is 18.0 Å². The van der Waals surface area contributed by atoms with Gasteiger partial charge in [0.05, 0.1) is 9.80 Å². The number of nitrogens with zero attached hydrogens (tertiary/aromatic N) is 1. The summed E-state index contributed by atoms with van der Waals surface area (Å²) >= 11 is 1.54. The molecule has 0 N–H and O–H groups in total. The summed E-state index contributed by atoms with van der Waals surface area (Å²) in [6, 6.07) is 10.1. The van der Waals surface area contributed by atoms with Crippen LogP contribution in [0.1, 0.15) is 4.88 Å². The molecule has 0 fully saturated rings. The Morgan fingerprint density at radius 3 is 2.83 bits per heavy atom. The van der Waals surface area contributed by atoms with Gasteiger partial charge in [0.2, 0.25) is 0 Å². The average molecular weight is 259 g/mol. The molecular formula is C13H9NO3S. The Labute approximate surface area is 108 Å². The average Bonchev–Trinajstić information content (AvgIpc) is 2.88. The Morgan fingerprint density at radius 1 is 1.28 bits per heavy atom. The van der Waals surface area contributed by atoms with Gasteiger partial charge < -0.3 is 4.74 Å². The van der Waals surface area contributed by atoms with Gasteiger partial charge in [0.15, 0.2) is 5.75 Å². The molecule has 18 heavy (non-hydrogen) atoms. The minimum Gasteiger partial charge on any atom is -0.474 e. The lowest BCUT2D eigenvalue weighted by atomic mass is 10.3. The van der Waals surface area contributed by atoms with E-state index in [1.807, 2.05) is 17.5 Å². The van der Waals surface area contributed by atoms with E-state index in [1.54, 1.807) is 18.2 Å². The van der Waals surface area contributed by atoms with Crippen molar-refractivity contribution in [2.24, 2.45) is 0 Å². The van der Waals surface area contributed by atoms with Crippen LogP contribution < -0.4 is 4.74 Å². The highest BCUT2D eigenvalue weighted by Crippen LogP contribution is 2.25. The highest BCUT2D eigenvalue weighted by Gasteiger charge is 2.12. The van der Waals surface area contributed by atoms with Gasteiger partial charge >= 0.3 is 5.69 Å². The molecule has 0 amide bonds. The zero-order valence-electron chi connectivity index (χ0n) is 9.33. The highest BCUT2D eigenvalue weighted by atomic mass is 32.1. The second-order valence-corrected chi connectivity index (χ2v) is 4.24. The summed E-state index contributed by atoms with van der Waals surface area (Å²) < 4.78 is 5.29. The van der Waals surface area contributed by atoms with Crippen LogP contribution in [-0.2, 0) is 0 Å². The van der Waals surface area contributed by atoms with Crippen LogP contribution in [0.2, 0.25) is 0 Å². The fraction of sp³-hybridized carbons (Fsp3) is 0.0769. The number of para-hydroxylation sites is 2. The SMILES string of the molecule is O=[N+]([O-])c1ccccc1OCC#Cc1cccs1. The van der Waals surface area contributed by atoms with Gasteiger partial charge in [-0.1, -0.05) is 30.0 Å². The van der Waals surface area contributed by atoms with Crippen LogP contribution in [0.5, 0.6) is 5.75 Å². The van der Waals surface area contributed by atoms with Gasteiger partial charge in [-0.2, -0.15) is 0 Å². The molecule has 0 aliphatic carbocycles. The van der Waals surface area contributed by atoms with Crippen molar-refractivity contribution in [1.82, 2.24) is 0 Å². The normalized spacial score (nSPS) is 9.33. The standard InChI is InChI=1S/C13H9NO3S/c15-14(16)12-7-1-2-8-13(12)17-9-3-5-11-6-4-10-18-11/h1-2,4,6-8,10H,9H2. The quantitative estimate of drug-likeness (QED) is 0.483. The van der Waals surface area contributed by atoms with Crippen LogP contribution in [0.15, 0.2) is 41.8 Å². The molecule has 0 aliphatic rings. The summed E-state index contributed by atoms with van der Waals surface area (Å²) in [7, 11) is 0. The van der Waals surface area contributed by atoms with Crippen molar-refractivity contribution >= 4 is 17.0 Å². The van der Waals surface area contributed by atoms with Crippen LogP contribution in [-0.4, -0.2) is 11.5 Å². The molecule has 0 spiro atoms. The summed E-state index contributed by atoms with van der Waals surface area (Å²) in [5.74, 6) is 5.97. The molecule has 0 aliphatic heterocycles. The van der Waals surface area contributed by atoms with Gasteiger partial charge in [-0.05, 0) is 17.5 Å². The molecule has 0 atom stereocenters. The van der Waals surface area contributed by atoms with Crippen molar-refractivity contribution < 1.29 is 9.66 Å². The first kappa shape index (κ1) is 12.1. The molecule has 0 bridgehead atoms. The van der Waals surface area contributed by atoms with E-state index in [0.717, 1.165) is 4.88 Å². The Morgan fingerprint density at radius 2 is 2.11 bits per heavy atom. The third-order valence-corrected chi connectivity index (χ3v) is 2.88. The molecule has 1 aromatic carbocycles. The summed E-state index contributed by atoms with van der Waals surface area (Å²) in [4.78, 5) is 11.2. The van der Waals surface area contributed by atoms with Crippen LogP contribution in [0.4, 0.5) is 5.69 Å². The van der Waals surface area contributed by atoms with Crippen LogP contribution in [0.3, 0.4) is 0 Å². The number of rotatable bonds is 3. The summed E-state index contributed by atoms with van der Waals surface area (Å²) in [6.07, 6.45) is 0. The molecule has 0 saturated heterocycles. The summed E-state index contributed by atoms with van der Waals surface area (Å²) in [6.45, 7) is 0.128. The molecule has 2 rings (SSSR count). The predicted molar refractivity (Wildman–Crippen MR) is 69.8 cm³/mol. The Bertz CT molecular complexity index is 596. The number of nitro benzene ring substituents is 1. The van der Waals surface area contributed by atoms with E-state index < -0.39 is 4.92 Å². The smallest absolute Gasteiger partial charge is 0.310 e. The van der Waals surface area contributed by atoms with E-state index in [2.05, 4.69) is 11.8 Å². The van der Waals surface area contributed by atoms with Gasteiger partial charge in [0.25, 0.3) is 0 Å². The lowest BCUT2D eigenvalue weighted by molar-refractivity contribution is -0.385. The Kier molecular flexibility index (Phi) is 3.94. The van der Waals surface area contributed by atoms with Crippen LogP contribution in [0.25, 0.3) is 0 Å². The minimum absolute atomic E-state index is 0.0459. The fourth-order valence-corrected chi connectivity index (χ4v) is 1.91. The molecule has 4 nitrogen and oxygen atoms in total. The second-order valence-electron chi connectivity index (χ2n) is 3.29. The molecule has 1 heterocycles. The maximum Gasteiger partial charge on any atom is 0.310 e. The number of hydrogen-bond acceptors (Lipinski definition) is 4. The second kappa shape index (κ2) is 5.84. The van der Waals surface area contributed by atoms with Crippen molar-refractivity contribution in [2.75, 3.05) is 6.61 Å². The monoisotopic (exact) mass is 259 g/mol. The van der Waals surface area contributed by atoms with Crippen LogP contribution >= 0.6 is 11.3 Å². The van der Waals surface area contributed by atoms with Crippen molar-refractivity contribution in [2.45, 2.75) is 0 Å². The third kappa shape index (κ3) is 3.09. The molecule has 0 saturated carbocycles. The molecular weight excluding hydrogens is 250 g/mol. The Balaban J connectivity index is 2.00. The first-order valence-electron chi connectivity index (χ1n) is 5.16. The van der Waals surface area contributed by atoms with E-state index in [0.29, 0.717) is 0 Å². The first-order valence-corrected chi connectivity index (χ1v) is 6.04. The van der Waals surface area contributed by atoms with E-state index in [9.17, 15) is 10.1 Å². The third-order valence-electron chi connectivity index (χ3n) is 2.09. The van der Waals surface area contributed by atoms with E-state index >= 15 is 0 Å². The van der Waals surface area contributed by atoms with E-state index in [4.69, 9.17) is 4.74 Å². The van der Waals surface area contributed by atoms with Crippen molar-refractivity contribution in [3.63, 3.8) is 0 Å². The lowest BCUT2D eigenvalue weighted by Crippen LogP contribution is -1.98. The maximum absolute atomic E-state index is 10.7. The maximum atomic E-state index is 10.7. The van der Waals surface area contributed by atoms with Crippen molar-refractivity contribution in [1.29, 1.82) is 0 Å². The minimum atomic E-state index is -0.470. The number of ether oxygens (including phenoxy) is 1. The fourth-order valence-electron chi connectivity index (χ4n) is 1.32. The van der Waals surface area contributed by atoms with Crippen LogP contribution in [0, 0.1) is 22.0 Å². The van der Waals surface area contributed by atoms with Gasteiger partial charge in [-0.15, -0.1) is 11.3 Å². The first-order chi connectivity index (χ1) is 8.77. The van der Waals surface area contributed by atoms with Crippen molar-refractivity contribution in [3.05, 3.63) is 56.8 Å². The molecule has 90 valence electrons. The molecule has 5 heteroatoms. The number of nitro groups is 1. The summed E-state index contributed by atoms with van der Waals surface area (Å²) in [5.41, 5.74) is -0.0459. The van der Waals surface area contributed by atoms with Gasteiger partial charge in [0.1, 0.15) is 6.61 Å². The van der Waals surface area contributed by atoms with Gasteiger partial charge in [-0.3, -0.25) is 10.1 Å². The predicted octanol–water partition coefficient (Wildman–Crippen LogP) is 3.09. The molecule has 2 aromatic rings. The number of hydrogen-bond donors (Lipinski definition) is 0. The number of thiophene rings is 1. The van der Waals surface area contributed by atoms with Crippen molar-refractivity contribution in [3.8, 4) is 17.6 Å².